The molecule has 0 spiro atoms. The third-order valence-electron chi connectivity index (χ3n) is 2.36. The zero-order valence-corrected chi connectivity index (χ0v) is 13.0. The average Bonchev–Trinajstić information content (AvgIpc) is 2.33. The van der Waals surface area contributed by atoms with Crippen molar-refractivity contribution >= 4 is 35.0 Å². The van der Waals surface area contributed by atoms with Crippen LogP contribution < -0.4 is 5.32 Å². The molecule has 0 heterocycles. The Labute approximate surface area is 123 Å². The van der Waals surface area contributed by atoms with E-state index < -0.39 is 0 Å². The standard InChI is InChI=1S/C13H19Cl2NOS/c1-10(9-16-6-3-7-17-2)18-13-8-11(14)4-5-12(13)15/h4-5,8,10,16H,3,6-7,9H2,1-2H3. The maximum atomic E-state index is 6.13. The summed E-state index contributed by atoms with van der Waals surface area (Å²) in [5, 5.41) is 5.33. The van der Waals surface area contributed by atoms with E-state index in [2.05, 4.69) is 12.2 Å². The van der Waals surface area contributed by atoms with Crippen molar-refractivity contribution in [3.8, 4) is 0 Å². The van der Waals surface area contributed by atoms with E-state index in [1.54, 1.807) is 18.9 Å². The molecule has 0 saturated carbocycles. The molecule has 1 aromatic rings. The van der Waals surface area contributed by atoms with E-state index in [0.717, 1.165) is 41.1 Å². The zero-order valence-electron chi connectivity index (χ0n) is 10.7. The van der Waals surface area contributed by atoms with Crippen LogP contribution in [0.3, 0.4) is 0 Å². The first-order valence-corrected chi connectivity index (χ1v) is 7.58. The van der Waals surface area contributed by atoms with Gasteiger partial charge in [-0.05, 0) is 31.2 Å². The summed E-state index contributed by atoms with van der Waals surface area (Å²) in [4.78, 5) is 1.04. The molecule has 0 bridgehead atoms. The monoisotopic (exact) mass is 307 g/mol. The lowest BCUT2D eigenvalue weighted by Crippen LogP contribution is -2.24. The molecular formula is C13H19Cl2NOS. The van der Waals surface area contributed by atoms with Crippen LogP contribution in [0.4, 0.5) is 0 Å². The molecule has 1 N–H and O–H groups in total. The van der Waals surface area contributed by atoms with Gasteiger partial charge in [0.15, 0.2) is 0 Å². The summed E-state index contributed by atoms with van der Waals surface area (Å²) in [7, 11) is 1.72. The quantitative estimate of drug-likeness (QED) is 0.577. The molecule has 5 heteroatoms. The molecule has 1 rings (SSSR count). The van der Waals surface area contributed by atoms with Crippen LogP contribution in [0.15, 0.2) is 23.1 Å². The van der Waals surface area contributed by atoms with E-state index in [1.165, 1.54) is 0 Å². The second kappa shape index (κ2) is 9.05. The Bertz CT molecular complexity index is 363. The zero-order chi connectivity index (χ0) is 13.4. The van der Waals surface area contributed by atoms with Crippen LogP contribution in [0.5, 0.6) is 0 Å². The summed E-state index contributed by atoms with van der Waals surface area (Å²) in [6.45, 7) is 4.89. The van der Waals surface area contributed by atoms with Gasteiger partial charge in [-0.15, -0.1) is 11.8 Å². The van der Waals surface area contributed by atoms with Crippen molar-refractivity contribution in [3.63, 3.8) is 0 Å². The van der Waals surface area contributed by atoms with E-state index >= 15 is 0 Å². The first kappa shape index (κ1) is 16.1. The summed E-state index contributed by atoms with van der Waals surface area (Å²) < 4.78 is 5.00. The van der Waals surface area contributed by atoms with Crippen LogP contribution in [-0.2, 0) is 4.74 Å². The van der Waals surface area contributed by atoms with Gasteiger partial charge in [0.05, 0.1) is 5.02 Å². The molecule has 0 aliphatic carbocycles. The number of benzene rings is 1. The van der Waals surface area contributed by atoms with Crippen molar-refractivity contribution in [1.29, 1.82) is 0 Å². The molecule has 0 radical (unpaired) electrons. The molecule has 0 saturated heterocycles. The molecule has 18 heavy (non-hydrogen) atoms. The summed E-state index contributed by atoms with van der Waals surface area (Å²) in [6.07, 6.45) is 1.03. The highest BCUT2D eigenvalue weighted by Crippen LogP contribution is 2.32. The number of nitrogens with one attached hydrogen (secondary N) is 1. The van der Waals surface area contributed by atoms with E-state index in [-0.39, 0.29) is 0 Å². The van der Waals surface area contributed by atoms with Gasteiger partial charge in [-0.25, -0.2) is 0 Å². The molecule has 0 amide bonds. The Balaban J connectivity index is 2.30. The summed E-state index contributed by atoms with van der Waals surface area (Å²) >= 11 is 13.8. The second-order valence-electron chi connectivity index (χ2n) is 4.05. The molecule has 2 nitrogen and oxygen atoms in total. The van der Waals surface area contributed by atoms with Gasteiger partial charge in [0.2, 0.25) is 0 Å². The predicted molar refractivity (Wildman–Crippen MR) is 81.1 cm³/mol. The lowest BCUT2D eigenvalue weighted by Gasteiger charge is -2.13. The molecule has 0 aromatic heterocycles. The van der Waals surface area contributed by atoms with Crippen LogP contribution in [-0.4, -0.2) is 32.1 Å². The maximum absolute atomic E-state index is 6.13. The number of halogens is 2. The van der Waals surface area contributed by atoms with Gasteiger partial charge < -0.3 is 10.1 Å². The van der Waals surface area contributed by atoms with Crippen molar-refractivity contribution in [2.75, 3.05) is 26.8 Å². The lowest BCUT2D eigenvalue weighted by atomic mass is 10.4. The third kappa shape index (κ3) is 6.30. The molecule has 1 aromatic carbocycles. The summed E-state index contributed by atoms with van der Waals surface area (Å²) in [6, 6.07) is 5.56. The number of rotatable bonds is 8. The van der Waals surface area contributed by atoms with Crippen molar-refractivity contribution < 1.29 is 4.74 Å². The molecule has 0 fully saturated rings. The minimum atomic E-state index is 0.448. The Morgan fingerprint density at radius 2 is 2.17 bits per heavy atom. The minimum absolute atomic E-state index is 0.448. The third-order valence-corrected chi connectivity index (χ3v) is 4.19. The van der Waals surface area contributed by atoms with Crippen molar-refractivity contribution in [2.24, 2.45) is 0 Å². The summed E-state index contributed by atoms with van der Waals surface area (Å²) in [5.41, 5.74) is 0. The predicted octanol–water partition coefficient (Wildman–Crippen LogP) is 4.10. The highest BCUT2D eigenvalue weighted by atomic mass is 35.5. The molecular weight excluding hydrogens is 289 g/mol. The van der Waals surface area contributed by atoms with Crippen LogP contribution in [0.2, 0.25) is 10.0 Å². The van der Waals surface area contributed by atoms with Gasteiger partial charge >= 0.3 is 0 Å². The smallest absolute Gasteiger partial charge is 0.0543 e. The van der Waals surface area contributed by atoms with Crippen LogP contribution in [0.25, 0.3) is 0 Å². The highest BCUT2D eigenvalue weighted by molar-refractivity contribution is 8.00. The second-order valence-corrected chi connectivity index (χ2v) is 6.38. The van der Waals surface area contributed by atoms with Gasteiger partial charge in [0.25, 0.3) is 0 Å². The maximum Gasteiger partial charge on any atom is 0.0543 e. The minimum Gasteiger partial charge on any atom is -0.385 e. The molecule has 102 valence electrons. The number of methoxy groups -OCH3 is 1. The molecule has 0 aliphatic heterocycles. The van der Waals surface area contributed by atoms with Crippen LogP contribution >= 0.6 is 35.0 Å². The fourth-order valence-electron chi connectivity index (χ4n) is 1.47. The van der Waals surface area contributed by atoms with Gasteiger partial charge in [-0.1, -0.05) is 30.1 Å². The average molecular weight is 308 g/mol. The van der Waals surface area contributed by atoms with E-state index in [1.807, 2.05) is 18.2 Å². The van der Waals surface area contributed by atoms with E-state index in [4.69, 9.17) is 27.9 Å². The lowest BCUT2D eigenvalue weighted by molar-refractivity contribution is 0.194. The number of ether oxygens (including phenoxy) is 1. The van der Waals surface area contributed by atoms with Crippen molar-refractivity contribution in [2.45, 2.75) is 23.5 Å². The highest BCUT2D eigenvalue weighted by Gasteiger charge is 2.08. The Kier molecular flexibility index (Phi) is 8.11. The Morgan fingerprint density at radius 3 is 2.89 bits per heavy atom. The van der Waals surface area contributed by atoms with Crippen molar-refractivity contribution in [1.82, 2.24) is 5.32 Å². The number of hydrogen-bond acceptors (Lipinski definition) is 3. The van der Waals surface area contributed by atoms with Crippen molar-refractivity contribution in [3.05, 3.63) is 28.2 Å². The Morgan fingerprint density at radius 1 is 1.39 bits per heavy atom. The van der Waals surface area contributed by atoms with E-state index in [0.29, 0.717) is 5.25 Å². The fourth-order valence-corrected chi connectivity index (χ4v) is 2.97. The topological polar surface area (TPSA) is 21.3 Å². The van der Waals surface area contributed by atoms with Gasteiger partial charge in [-0.3, -0.25) is 0 Å². The molecule has 0 aliphatic rings. The Hall–Kier alpha value is 0.0700. The fraction of sp³-hybridized carbons (Fsp3) is 0.538. The first-order valence-electron chi connectivity index (χ1n) is 5.95. The summed E-state index contributed by atoms with van der Waals surface area (Å²) in [5.74, 6) is 0. The van der Waals surface area contributed by atoms with Gasteiger partial charge in [0, 0.05) is 35.4 Å². The number of hydrogen-bond donors (Lipinski definition) is 1. The SMILES string of the molecule is COCCCNCC(C)Sc1cc(Cl)ccc1Cl. The first-order chi connectivity index (χ1) is 8.63. The van der Waals surface area contributed by atoms with Crippen LogP contribution in [0, 0.1) is 0 Å². The molecule has 1 atom stereocenters. The van der Waals surface area contributed by atoms with Gasteiger partial charge in [-0.2, -0.15) is 0 Å². The van der Waals surface area contributed by atoms with E-state index in [9.17, 15) is 0 Å². The molecule has 1 unspecified atom stereocenters. The normalized spacial score (nSPS) is 12.7. The van der Waals surface area contributed by atoms with Gasteiger partial charge in [0.1, 0.15) is 0 Å². The van der Waals surface area contributed by atoms with Crippen LogP contribution in [0.1, 0.15) is 13.3 Å². The number of thioether (sulfide) groups is 1. The largest absolute Gasteiger partial charge is 0.385 e.